The number of hydrogen-bond acceptors (Lipinski definition) is 6. The van der Waals surface area contributed by atoms with Crippen molar-refractivity contribution in [2.45, 2.75) is 57.9 Å². The third-order valence-corrected chi connectivity index (χ3v) is 5.03. The molecule has 0 unspecified atom stereocenters. The molecular formula is C20H24N6O2. The molecule has 4 rings (SSSR count). The zero-order valence-corrected chi connectivity index (χ0v) is 15.8. The number of carbonyl (C=O) groups is 1. The van der Waals surface area contributed by atoms with Crippen molar-refractivity contribution in [3.05, 3.63) is 47.4 Å². The zero-order chi connectivity index (χ0) is 19.2. The van der Waals surface area contributed by atoms with E-state index in [0.717, 1.165) is 24.1 Å². The molecule has 8 nitrogen and oxygen atoms in total. The van der Waals surface area contributed by atoms with Crippen molar-refractivity contribution in [3.63, 3.8) is 0 Å². The Morgan fingerprint density at radius 1 is 1.25 bits per heavy atom. The van der Waals surface area contributed by atoms with Crippen molar-refractivity contribution in [2.24, 2.45) is 0 Å². The molecule has 146 valence electrons. The Balaban J connectivity index is 1.22. The molecule has 3 aromatic heterocycles. The number of nitrogens with one attached hydrogen (secondary N) is 2. The van der Waals surface area contributed by atoms with Gasteiger partial charge in [0.05, 0.1) is 12.2 Å². The van der Waals surface area contributed by atoms with Gasteiger partial charge in [-0.2, -0.15) is 10.1 Å². The predicted octanol–water partition coefficient (Wildman–Crippen LogP) is 2.76. The van der Waals surface area contributed by atoms with E-state index >= 15 is 0 Å². The van der Waals surface area contributed by atoms with E-state index in [1.165, 1.54) is 30.5 Å². The first-order chi connectivity index (χ1) is 13.8. The molecule has 0 radical (unpaired) electrons. The number of aryl methyl sites for hydroxylation is 2. The number of rotatable bonds is 7. The number of H-pyrrole nitrogens is 1. The lowest BCUT2D eigenvalue weighted by atomic mass is 10.1. The molecule has 0 saturated carbocycles. The molecule has 0 saturated heterocycles. The summed E-state index contributed by atoms with van der Waals surface area (Å²) in [7, 11) is 0. The minimum absolute atomic E-state index is 0.0115. The van der Waals surface area contributed by atoms with Gasteiger partial charge in [-0.3, -0.25) is 14.9 Å². The van der Waals surface area contributed by atoms with Gasteiger partial charge in [-0.25, -0.2) is 0 Å². The summed E-state index contributed by atoms with van der Waals surface area (Å²) < 4.78 is 5.26. The van der Waals surface area contributed by atoms with Crippen LogP contribution in [-0.4, -0.2) is 31.2 Å². The van der Waals surface area contributed by atoms with Gasteiger partial charge in [0.25, 0.3) is 0 Å². The molecule has 0 atom stereocenters. The first-order valence-corrected chi connectivity index (χ1v) is 9.84. The molecular weight excluding hydrogens is 356 g/mol. The molecule has 0 fully saturated rings. The zero-order valence-electron chi connectivity index (χ0n) is 15.8. The fraction of sp³-hybridized carbons (Fsp3) is 0.450. The summed E-state index contributed by atoms with van der Waals surface area (Å²) in [4.78, 5) is 20.6. The monoisotopic (exact) mass is 380 g/mol. The minimum atomic E-state index is 0.0115. The van der Waals surface area contributed by atoms with Gasteiger partial charge in [-0.1, -0.05) is 11.6 Å². The molecule has 0 spiro atoms. The van der Waals surface area contributed by atoms with Gasteiger partial charge in [0, 0.05) is 36.5 Å². The van der Waals surface area contributed by atoms with E-state index in [1.807, 2.05) is 12.1 Å². The Kier molecular flexibility index (Phi) is 5.75. The smallest absolute Gasteiger partial charge is 0.226 e. The topological polar surface area (TPSA) is 110 Å². The molecule has 2 N–H and O–H groups in total. The normalized spacial score (nSPS) is 13.7. The van der Waals surface area contributed by atoms with Crippen LogP contribution in [0.4, 0.5) is 0 Å². The van der Waals surface area contributed by atoms with Gasteiger partial charge >= 0.3 is 0 Å². The van der Waals surface area contributed by atoms with Gasteiger partial charge in [0.2, 0.25) is 17.6 Å². The third kappa shape index (κ3) is 4.44. The number of nitrogens with zero attached hydrogens (tertiary/aromatic N) is 4. The standard InChI is InChI=1S/C20H24N6O2/c27-18(22-13-17-15-7-2-1-3-8-16(15)24-25-17)9-4-10-19-23-20(26-28-19)14-6-5-11-21-12-14/h5-6,11-12H,1-4,7-10,13H2,(H,22,27)(H,24,25). The van der Waals surface area contributed by atoms with E-state index in [-0.39, 0.29) is 5.91 Å². The Morgan fingerprint density at radius 2 is 2.18 bits per heavy atom. The van der Waals surface area contributed by atoms with Gasteiger partial charge in [-0.05, 0) is 49.8 Å². The van der Waals surface area contributed by atoms with Crippen LogP contribution in [-0.2, 0) is 30.6 Å². The molecule has 8 heteroatoms. The molecule has 0 aromatic carbocycles. The Morgan fingerprint density at radius 3 is 3.07 bits per heavy atom. The van der Waals surface area contributed by atoms with Crippen LogP contribution < -0.4 is 5.32 Å². The van der Waals surface area contributed by atoms with Crippen molar-refractivity contribution in [3.8, 4) is 11.4 Å². The SMILES string of the molecule is O=C(CCCc1nc(-c2cccnc2)no1)NCc1n[nH]c2c1CCCCC2. The molecule has 28 heavy (non-hydrogen) atoms. The van der Waals surface area contributed by atoms with Gasteiger partial charge in [-0.15, -0.1) is 0 Å². The molecule has 0 bridgehead atoms. The van der Waals surface area contributed by atoms with Gasteiger partial charge in [0.1, 0.15) is 0 Å². The Labute approximate surface area is 163 Å². The molecule has 3 aromatic rings. The lowest BCUT2D eigenvalue weighted by Gasteiger charge is -2.05. The van der Waals surface area contributed by atoms with Crippen LogP contribution in [0.15, 0.2) is 29.0 Å². The second-order valence-corrected chi connectivity index (χ2v) is 7.07. The van der Waals surface area contributed by atoms with Crippen LogP contribution in [0.5, 0.6) is 0 Å². The van der Waals surface area contributed by atoms with Gasteiger partial charge < -0.3 is 9.84 Å². The van der Waals surface area contributed by atoms with Crippen LogP contribution in [0.25, 0.3) is 11.4 Å². The maximum absolute atomic E-state index is 12.2. The summed E-state index contributed by atoms with van der Waals surface area (Å²) in [5.41, 5.74) is 4.32. The van der Waals surface area contributed by atoms with E-state index in [2.05, 4.69) is 30.6 Å². The average molecular weight is 380 g/mol. The largest absolute Gasteiger partial charge is 0.350 e. The maximum Gasteiger partial charge on any atom is 0.226 e. The van der Waals surface area contributed by atoms with E-state index in [4.69, 9.17) is 4.52 Å². The van der Waals surface area contributed by atoms with E-state index in [1.54, 1.807) is 12.4 Å². The second-order valence-electron chi connectivity index (χ2n) is 7.07. The van der Waals surface area contributed by atoms with Crippen LogP contribution >= 0.6 is 0 Å². The highest BCUT2D eigenvalue weighted by molar-refractivity contribution is 5.75. The highest BCUT2D eigenvalue weighted by Gasteiger charge is 2.16. The number of fused-ring (bicyclic) bond motifs is 1. The number of hydrogen-bond donors (Lipinski definition) is 2. The van der Waals surface area contributed by atoms with Crippen molar-refractivity contribution < 1.29 is 9.32 Å². The van der Waals surface area contributed by atoms with Crippen molar-refractivity contribution >= 4 is 5.91 Å². The van der Waals surface area contributed by atoms with Crippen molar-refractivity contribution in [1.82, 2.24) is 30.6 Å². The molecule has 0 aliphatic heterocycles. The number of carbonyl (C=O) groups excluding carboxylic acids is 1. The summed E-state index contributed by atoms with van der Waals surface area (Å²) in [5, 5.41) is 14.5. The second kappa shape index (κ2) is 8.77. The van der Waals surface area contributed by atoms with Crippen LogP contribution in [0, 0.1) is 0 Å². The quantitative estimate of drug-likeness (QED) is 0.610. The van der Waals surface area contributed by atoms with Crippen LogP contribution in [0.1, 0.15) is 54.9 Å². The number of amides is 1. The fourth-order valence-corrected chi connectivity index (χ4v) is 3.51. The maximum atomic E-state index is 12.2. The lowest BCUT2D eigenvalue weighted by molar-refractivity contribution is -0.121. The minimum Gasteiger partial charge on any atom is -0.350 e. The highest BCUT2D eigenvalue weighted by Crippen LogP contribution is 2.21. The summed E-state index contributed by atoms with van der Waals surface area (Å²) in [6, 6.07) is 3.71. The average Bonchev–Trinajstić information content (AvgIpc) is 3.28. The number of aromatic amines is 1. The Bertz CT molecular complexity index is 918. The summed E-state index contributed by atoms with van der Waals surface area (Å²) >= 11 is 0. The fourth-order valence-electron chi connectivity index (χ4n) is 3.51. The number of aromatic nitrogens is 5. The van der Waals surface area contributed by atoms with E-state index in [0.29, 0.717) is 37.5 Å². The molecule has 1 amide bonds. The summed E-state index contributed by atoms with van der Waals surface area (Å²) in [5.74, 6) is 1.06. The van der Waals surface area contributed by atoms with Crippen LogP contribution in [0.2, 0.25) is 0 Å². The lowest BCUT2D eigenvalue weighted by Crippen LogP contribution is -2.23. The molecule has 1 aliphatic rings. The van der Waals surface area contributed by atoms with Crippen molar-refractivity contribution in [1.29, 1.82) is 0 Å². The predicted molar refractivity (Wildman–Crippen MR) is 102 cm³/mol. The first-order valence-electron chi connectivity index (χ1n) is 9.84. The first kappa shape index (κ1) is 18.3. The van der Waals surface area contributed by atoms with Gasteiger partial charge in [0.15, 0.2) is 0 Å². The molecule has 1 aliphatic carbocycles. The summed E-state index contributed by atoms with van der Waals surface area (Å²) in [6.07, 6.45) is 10.8. The van der Waals surface area contributed by atoms with Crippen molar-refractivity contribution in [2.75, 3.05) is 0 Å². The third-order valence-electron chi connectivity index (χ3n) is 5.03. The summed E-state index contributed by atoms with van der Waals surface area (Å²) in [6.45, 7) is 0.483. The van der Waals surface area contributed by atoms with Crippen LogP contribution in [0.3, 0.4) is 0 Å². The molecule has 3 heterocycles. The van der Waals surface area contributed by atoms with E-state index in [9.17, 15) is 4.79 Å². The Hall–Kier alpha value is -3.03. The highest BCUT2D eigenvalue weighted by atomic mass is 16.5. The van der Waals surface area contributed by atoms with E-state index < -0.39 is 0 Å². The number of pyridine rings is 1.